The second kappa shape index (κ2) is 11.5. The van der Waals surface area contributed by atoms with Gasteiger partial charge in [0.15, 0.2) is 5.78 Å². The van der Waals surface area contributed by atoms with E-state index in [0.29, 0.717) is 23.8 Å². The molecule has 1 heterocycles. The number of Topliss-reactive ketones (excluding diaryl/α,β-unsaturated/α-hetero) is 1. The topological polar surface area (TPSA) is 128 Å². The average molecular weight is 678 g/mol. The molecule has 9 nitrogen and oxygen atoms in total. The molecule has 0 bridgehead atoms. The number of ether oxygens (including phenoxy) is 1. The third kappa shape index (κ3) is 5.25. The number of carbonyl (C=O) groups is 4. The first-order valence-corrected chi connectivity index (χ1v) is 18.6. The maximum atomic E-state index is 13.9. The highest BCUT2D eigenvalue weighted by Gasteiger charge is 2.70. The number of amides is 1. The molecule has 270 valence electrons. The Kier molecular flexibility index (Phi) is 8.43. The van der Waals surface area contributed by atoms with Gasteiger partial charge in [0.1, 0.15) is 6.10 Å². The maximum absolute atomic E-state index is 13.9. The molecule has 1 amide bonds. The molecule has 1 aromatic heterocycles. The molecular formula is C40H59N3O6. The molecule has 0 spiro atoms. The summed E-state index contributed by atoms with van der Waals surface area (Å²) in [4.78, 5) is 52.3. The molecule has 5 aliphatic carbocycles. The molecule has 0 unspecified atom stereocenters. The molecule has 2 N–H and O–H groups in total. The lowest BCUT2D eigenvalue weighted by Crippen LogP contribution is -2.67. The largest absolute Gasteiger partial charge is 0.481 e. The second-order valence-corrected chi connectivity index (χ2v) is 18.8. The van der Waals surface area contributed by atoms with Crippen molar-refractivity contribution in [2.75, 3.05) is 0 Å². The fourth-order valence-corrected chi connectivity index (χ4v) is 12.4. The first-order chi connectivity index (χ1) is 22.6. The van der Waals surface area contributed by atoms with Crippen LogP contribution in [0.2, 0.25) is 0 Å². The Balaban J connectivity index is 1.30. The number of nitrogens with zero attached hydrogens (tertiary/aromatic N) is 2. The molecule has 4 saturated carbocycles. The van der Waals surface area contributed by atoms with Crippen molar-refractivity contribution >= 4 is 23.6 Å². The second-order valence-electron chi connectivity index (χ2n) is 18.8. The number of hydrogen-bond donors (Lipinski definition) is 2. The Labute approximate surface area is 292 Å². The van der Waals surface area contributed by atoms with E-state index in [1.165, 1.54) is 5.57 Å². The Morgan fingerprint density at radius 3 is 2.31 bits per heavy atom. The Morgan fingerprint density at radius 2 is 1.69 bits per heavy atom. The Bertz CT molecular complexity index is 1600. The summed E-state index contributed by atoms with van der Waals surface area (Å²) in [5.74, 6) is -0.272. The SMILES string of the molecule is CC(C)C1=C2[C@H]3CC[C@@H]4[C@@]5(C)CC[C@H](OC(=O)CC(C)(C)C(=O)O)C(C)(C)[C@@H]5CC[C@@]4(C)[C@]3(C)CC[C@@]2(NC(=O)c2cnn(C)c2)CC1=O. The van der Waals surface area contributed by atoms with Gasteiger partial charge in [-0.05, 0) is 116 Å². The predicted octanol–water partition coefficient (Wildman–Crippen LogP) is 7.30. The molecule has 0 aromatic carbocycles. The van der Waals surface area contributed by atoms with E-state index in [9.17, 15) is 24.3 Å². The third-order valence-corrected chi connectivity index (χ3v) is 15.1. The molecule has 5 aliphatic rings. The van der Waals surface area contributed by atoms with Crippen molar-refractivity contribution in [1.82, 2.24) is 15.1 Å². The number of aromatic nitrogens is 2. The van der Waals surface area contributed by atoms with E-state index in [2.05, 4.69) is 58.9 Å². The minimum Gasteiger partial charge on any atom is -0.481 e. The fraction of sp³-hybridized carbons (Fsp3) is 0.775. The van der Waals surface area contributed by atoms with E-state index in [1.54, 1.807) is 38.0 Å². The average Bonchev–Trinajstić information content (AvgIpc) is 3.55. The predicted molar refractivity (Wildman–Crippen MR) is 186 cm³/mol. The first kappa shape index (κ1) is 35.8. The number of allylic oxidation sites excluding steroid dienone is 1. The summed E-state index contributed by atoms with van der Waals surface area (Å²) in [7, 11) is 1.81. The zero-order valence-corrected chi connectivity index (χ0v) is 31.5. The van der Waals surface area contributed by atoms with Crippen LogP contribution in [0.15, 0.2) is 23.5 Å². The Hall–Kier alpha value is -2.97. The first-order valence-electron chi connectivity index (χ1n) is 18.6. The molecule has 1 aromatic rings. The van der Waals surface area contributed by atoms with E-state index in [0.717, 1.165) is 56.9 Å². The van der Waals surface area contributed by atoms with Gasteiger partial charge in [-0.3, -0.25) is 23.9 Å². The van der Waals surface area contributed by atoms with Crippen LogP contribution in [-0.4, -0.2) is 50.2 Å². The van der Waals surface area contributed by atoms with Crippen LogP contribution in [0.3, 0.4) is 0 Å². The van der Waals surface area contributed by atoms with Gasteiger partial charge in [0.2, 0.25) is 0 Å². The fourth-order valence-electron chi connectivity index (χ4n) is 12.4. The molecule has 0 saturated heterocycles. The summed E-state index contributed by atoms with van der Waals surface area (Å²) in [5.41, 5.74) is 0.650. The van der Waals surface area contributed by atoms with Crippen LogP contribution >= 0.6 is 0 Å². The summed E-state index contributed by atoms with van der Waals surface area (Å²) < 4.78 is 7.78. The number of carboxylic acids is 1. The zero-order chi connectivity index (χ0) is 36.1. The van der Waals surface area contributed by atoms with Crippen molar-refractivity contribution in [1.29, 1.82) is 0 Å². The number of aliphatic carboxylic acids is 1. The Morgan fingerprint density at radius 1 is 1.00 bits per heavy atom. The number of fused-ring (bicyclic) bond motifs is 7. The molecule has 4 fully saturated rings. The molecule has 49 heavy (non-hydrogen) atoms. The maximum Gasteiger partial charge on any atom is 0.309 e. The third-order valence-electron chi connectivity index (χ3n) is 15.1. The summed E-state index contributed by atoms with van der Waals surface area (Å²) in [6.45, 7) is 19.4. The number of carbonyl (C=O) groups excluding carboxylic acids is 3. The van der Waals surface area contributed by atoms with E-state index >= 15 is 0 Å². The van der Waals surface area contributed by atoms with Crippen molar-refractivity contribution in [3.8, 4) is 0 Å². The monoisotopic (exact) mass is 677 g/mol. The van der Waals surface area contributed by atoms with Crippen molar-refractivity contribution in [3.05, 3.63) is 29.1 Å². The number of esters is 1. The van der Waals surface area contributed by atoms with Crippen molar-refractivity contribution in [2.45, 2.75) is 138 Å². The van der Waals surface area contributed by atoms with Crippen LogP contribution in [0, 0.1) is 50.7 Å². The van der Waals surface area contributed by atoms with Gasteiger partial charge in [0.05, 0.1) is 29.1 Å². The smallest absolute Gasteiger partial charge is 0.309 e. The van der Waals surface area contributed by atoms with Gasteiger partial charge in [0, 0.05) is 25.1 Å². The van der Waals surface area contributed by atoms with Gasteiger partial charge in [-0.1, -0.05) is 48.5 Å². The lowest BCUT2D eigenvalue weighted by atomic mass is 9.33. The minimum absolute atomic E-state index is 0.0342. The lowest BCUT2D eigenvalue weighted by Gasteiger charge is -2.72. The van der Waals surface area contributed by atoms with Crippen molar-refractivity contribution < 1.29 is 29.0 Å². The number of ketones is 1. The number of rotatable bonds is 7. The molecular weight excluding hydrogens is 618 g/mol. The summed E-state index contributed by atoms with van der Waals surface area (Å²) in [6, 6.07) is 0. The van der Waals surface area contributed by atoms with Gasteiger partial charge >= 0.3 is 11.9 Å². The quantitative estimate of drug-likeness (QED) is 0.290. The van der Waals surface area contributed by atoms with E-state index in [4.69, 9.17) is 4.74 Å². The molecule has 0 radical (unpaired) electrons. The number of nitrogens with one attached hydrogen (secondary N) is 1. The normalized spacial score (nSPS) is 38.3. The van der Waals surface area contributed by atoms with E-state index in [-0.39, 0.29) is 57.7 Å². The van der Waals surface area contributed by atoms with Gasteiger partial charge in [0.25, 0.3) is 5.91 Å². The number of hydrogen-bond acceptors (Lipinski definition) is 6. The van der Waals surface area contributed by atoms with Gasteiger partial charge in [-0.2, -0.15) is 5.10 Å². The molecule has 6 rings (SSSR count). The standard InChI is InChI=1S/C40H59N3O6/c1-23(2)31-26(44)19-40(42-33(46)24-21-41-43(10)22-24)18-17-38(8)25(32(31)40)11-12-28-37(7)15-14-29(49-30(45)20-35(3,4)34(47)48)36(5,6)27(37)13-16-39(28,38)9/h21-23,25,27-29H,11-20H2,1-10H3,(H,42,46)(H,47,48)/t25-,27+,28-,29+,37+,38-,39-,40-/m1/s1. The highest BCUT2D eigenvalue weighted by molar-refractivity contribution is 6.03. The van der Waals surface area contributed by atoms with Gasteiger partial charge in [-0.15, -0.1) is 0 Å². The van der Waals surface area contributed by atoms with Crippen LogP contribution in [0.5, 0.6) is 0 Å². The highest BCUT2D eigenvalue weighted by atomic mass is 16.5. The summed E-state index contributed by atoms with van der Waals surface area (Å²) >= 11 is 0. The van der Waals surface area contributed by atoms with Crippen LogP contribution in [0.25, 0.3) is 0 Å². The minimum atomic E-state index is -1.17. The highest BCUT2D eigenvalue weighted by Crippen LogP contribution is 2.76. The van der Waals surface area contributed by atoms with Crippen molar-refractivity contribution in [2.24, 2.45) is 57.8 Å². The van der Waals surface area contributed by atoms with Gasteiger partial charge in [-0.25, -0.2) is 0 Å². The lowest BCUT2D eigenvalue weighted by molar-refractivity contribution is -0.232. The zero-order valence-electron chi connectivity index (χ0n) is 31.5. The number of aryl methyl sites for hydroxylation is 1. The van der Waals surface area contributed by atoms with Crippen LogP contribution in [0.1, 0.15) is 137 Å². The van der Waals surface area contributed by atoms with Gasteiger partial charge < -0.3 is 15.2 Å². The van der Waals surface area contributed by atoms with Crippen LogP contribution in [0.4, 0.5) is 0 Å². The van der Waals surface area contributed by atoms with E-state index in [1.807, 2.05) is 0 Å². The molecule has 0 aliphatic heterocycles. The molecule has 9 heteroatoms. The van der Waals surface area contributed by atoms with Crippen LogP contribution in [-0.2, 0) is 26.2 Å². The molecule has 8 atom stereocenters. The number of carboxylic acid groups (broad SMARTS) is 1. The van der Waals surface area contributed by atoms with Crippen LogP contribution < -0.4 is 5.32 Å². The summed E-state index contributed by atoms with van der Waals surface area (Å²) in [6.07, 6.45) is 10.9. The van der Waals surface area contributed by atoms with E-state index < -0.39 is 22.9 Å². The summed E-state index contributed by atoms with van der Waals surface area (Å²) in [5, 5.41) is 17.2. The van der Waals surface area contributed by atoms with Crippen molar-refractivity contribution in [3.63, 3.8) is 0 Å².